The predicted molar refractivity (Wildman–Crippen MR) is 126 cm³/mol. The minimum absolute atomic E-state index is 0.00475. The summed E-state index contributed by atoms with van der Waals surface area (Å²) in [6, 6.07) is 5.21. The molecular weight excluding hydrogens is 476 g/mol. The molecular formula is C22H28N6O6S. The van der Waals surface area contributed by atoms with Crippen LogP contribution in [0.15, 0.2) is 30.6 Å². The van der Waals surface area contributed by atoms with Crippen molar-refractivity contribution in [3.63, 3.8) is 0 Å². The van der Waals surface area contributed by atoms with E-state index >= 15 is 0 Å². The smallest absolute Gasteiger partial charge is 0.243 e. The minimum atomic E-state index is -4.17. The summed E-state index contributed by atoms with van der Waals surface area (Å²) in [5.74, 6) is 1.19. The third-order valence-corrected chi connectivity index (χ3v) is 7.55. The van der Waals surface area contributed by atoms with E-state index in [1.54, 1.807) is 29.7 Å². The van der Waals surface area contributed by atoms with Gasteiger partial charge in [-0.3, -0.25) is 9.29 Å². The SMILES string of the molecule is COc1cccc(OC)c1-n1c(NS(=O)(=O)[C@@H](C)[C@H](O)c2ncc(C)cn2)nnc1[C@@H]1CCOC1. The number of aromatic nitrogens is 5. The molecule has 4 rings (SSSR count). The second-order valence-corrected chi connectivity index (χ2v) is 10.2. The lowest BCUT2D eigenvalue weighted by Gasteiger charge is -2.21. The van der Waals surface area contributed by atoms with Crippen molar-refractivity contribution in [2.45, 2.75) is 37.5 Å². The summed E-state index contributed by atoms with van der Waals surface area (Å²) >= 11 is 0. The number of sulfonamides is 1. The van der Waals surface area contributed by atoms with E-state index in [4.69, 9.17) is 14.2 Å². The first-order valence-corrected chi connectivity index (χ1v) is 12.5. The van der Waals surface area contributed by atoms with Gasteiger partial charge in [0, 0.05) is 24.9 Å². The topological polar surface area (TPSA) is 151 Å². The molecule has 12 nitrogen and oxygen atoms in total. The van der Waals surface area contributed by atoms with E-state index in [0.717, 1.165) is 5.56 Å². The Kier molecular flexibility index (Phi) is 7.19. The molecule has 1 aliphatic heterocycles. The molecule has 3 aromatic rings. The van der Waals surface area contributed by atoms with Gasteiger partial charge in [-0.25, -0.2) is 18.4 Å². The Bertz CT molecular complexity index is 1250. The highest BCUT2D eigenvalue weighted by Crippen LogP contribution is 2.38. The summed E-state index contributed by atoms with van der Waals surface area (Å²) in [5.41, 5.74) is 1.23. The highest BCUT2D eigenvalue weighted by molar-refractivity contribution is 7.93. The fraction of sp³-hybridized carbons (Fsp3) is 0.455. The van der Waals surface area contributed by atoms with Gasteiger partial charge in [-0.1, -0.05) is 6.07 Å². The Morgan fingerprint density at radius 2 is 1.83 bits per heavy atom. The fourth-order valence-electron chi connectivity index (χ4n) is 3.79. The van der Waals surface area contributed by atoms with Crippen LogP contribution in [0.4, 0.5) is 5.95 Å². The molecule has 0 bridgehead atoms. The molecule has 1 aliphatic rings. The van der Waals surface area contributed by atoms with Gasteiger partial charge in [0.1, 0.15) is 34.4 Å². The highest BCUT2D eigenvalue weighted by atomic mass is 32.2. The number of hydrogen-bond donors (Lipinski definition) is 2. The van der Waals surface area contributed by atoms with E-state index in [9.17, 15) is 13.5 Å². The number of aryl methyl sites for hydroxylation is 1. The number of aliphatic hydroxyl groups is 1. The molecule has 13 heteroatoms. The molecule has 3 atom stereocenters. The number of hydrogen-bond acceptors (Lipinski definition) is 10. The zero-order chi connectivity index (χ0) is 25.2. The average molecular weight is 505 g/mol. The maximum absolute atomic E-state index is 13.3. The van der Waals surface area contributed by atoms with Gasteiger partial charge >= 0.3 is 0 Å². The summed E-state index contributed by atoms with van der Waals surface area (Å²) in [6.07, 6.45) is 2.26. The van der Waals surface area contributed by atoms with Gasteiger partial charge in [-0.05, 0) is 38.0 Å². The van der Waals surface area contributed by atoms with Crippen molar-refractivity contribution in [1.29, 1.82) is 0 Å². The quantitative estimate of drug-likeness (QED) is 0.441. The number of benzene rings is 1. The number of nitrogens with zero attached hydrogens (tertiary/aromatic N) is 5. The maximum Gasteiger partial charge on any atom is 0.243 e. The zero-order valence-electron chi connectivity index (χ0n) is 19.9. The molecule has 1 saturated heterocycles. The van der Waals surface area contributed by atoms with Crippen LogP contribution in [0.2, 0.25) is 0 Å². The first kappa shape index (κ1) is 24.8. The van der Waals surface area contributed by atoms with Gasteiger partial charge in [0.2, 0.25) is 16.0 Å². The summed E-state index contributed by atoms with van der Waals surface area (Å²) in [4.78, 5) is 8.11. The van der Waals surface area contributed by atoms with E-state index in [-0.39, 0.29) is 17.7 Å². The highest BCUT2D eigenvalue weighted by Gasteiger charge is 2.35. The second kappa shape index (κ2) is 10.1. The van der Waals surface area contributed by atoms with Crippen molar-refractivity contribution in [2.75, 3.05) is 32.2 Å². The van der Waals surface area contributed by atoms with Crippen molar-refractivity contribution in [2.24, 2.45) is 0 Å². The van der Waals surface area contributed by atoms with Crippen molar-refractivity contribution in [1.82, 2.24) is 24.7 Å². The third kappa shape index (κ3) is 4.92. The normalized spacial score (nSPS) is 17.7. The Morgan fingerprint density at radius 3 is 2.40 bits per heavy atom. The summed E-state index contributed by atoms with van der Waals surface area (Å²) < 4.78 is 47.3. The lowest BCUT2D eigenvalue weighted by molar-refractivity contribution is 0.166. The zero-order valence-corrected chi connectivity index (χ0v) is 20.7. The molecule has 0 unspecified atom stereocenters. The van der Waals surface area contributed by atoms with Crippen LogP contribution in [0.25, 0.3) is 5.69 Å². The number of aliphatic hydroxyl groups excluding tert-OH is 1. The minimum Gasteiger partial charge on any atom is -0.494 e. The van der Waals surface area contributed by atoms with Gasteiger partial charge in [0.05, 0.1) is 20.8 Å². The predicted octanol–water partition coefficient (Wildman–Crippen LogP) is 1.75. The largest absolute Gasteiger partial charge is 0.494 e. The van der Waals surface area contributed by atoms with Gasteiger partial charge in [0.25, 0.3) is 0 Å². The van der Waals surface area contributed by atoms with Gasteiger partial charge in [-0.2, -0.15) is 0 Å². The van der Waals surface area contributed by atoms with Crippen LogP contribution in [-0.4, -0.2) is 70.9 Å². The summed E-state index contributed by atoms with van der Waals surface area (Å²) in [5, 5.41) is 17.8. The molecule has 1 aromatic carbocycles. The molecule has 0 amide bonds. The molecule has 0 spiro atoms. The third-order valence-electron chi connectivity index (χ3n) is 5.84. The van der Waals surface area contributed by atoms with Crippen molar-refractivity contribution >= 4 is 16.0 Å². The van der Waals surface area contributed by atoms with E-state index < -0.39 is 21.4 Å². The molecule has 35 heavy (non-hydrogen) atoms. The van der Waals surface area contributed by atoms with Crippen LogP contribution in [0.3, 0.4) is 0 Å². The number of para-hydroxylation sites is 1. The van der Waals surface area contributed by atoms with Crippen LogP contribution in [0.1, 0.15) is 42.6 Å². The summed E-state index contributed by atoms with van der Waals surface area (Å²) in [7, 11) is -1.16. The van der Waals surface area contributed by atoms with Crippen molar-refractivity contribution < 1.29 is 27.7 Å². The van der Waals surface area contributed by atoms with Crippen molar-refractivity contribution in [3.05, 3.63) is 47.8 Å². The van der Waals surface area contributed by atoms with Crippen LogP contribution in [0, 0.1) is 6.92 Å². The first-order chi connectivity index (χ1) is 16.8. The molecule has 0 saturated carbocycles. The number of rotatable bonds is 9. The monoisotopic (exact) mass is 504 g/mol. The molecule has 0 aliphatic carbocycles. The van der Waals surface area contributed by atoms with E-state index in [1.165, 1.54) is 33.5 Å². The Labute approximate surface area is 203 Å². The van der Waals surface area contributed by atoms with Crippen LogP contribution < -0.4 is 14.2 Å². The molecule has 2 aromatic heterocycles. The standard InChI is InChI=1S/C22H28N6O6S/c1-13-10-23-20(24-11-13)19(29)14(2)35(30,31)27-22-26-25-21(15-8-9-34-12-15)28(22)18-16(32-3)6-5-7-17(18)33-4/h5-7,10-11,14-15,19,29H,8-9,12H2,1-4H3,(H,26,27)/t14-,15+,19-/m0/s1. The summed E-state index contributed by atoms with van der Waals surface area (Å²) in [6.45, 7) is 4.14. The molecule has 1 fully saturated rings. The second-order valence-electron chi connectivity index (χ2n) is 8.20. The number of anilines is 1. The molecule has 3 heterocycles. The first-order valence-electron chi connectivity index (χ1n) is 11.0. The number of ether oxygens (including phenoxy) is 3. The van der Waals surface area contributed by atoms with Crippen LogP contribution in [-0.2, 0) is 14.8 Å². The Hall–Kier alpha value is -3.29. The fourth-order valence-corrected chi connectivity index (χ4v) is 4.83. The van der Waals surface area contributed by atoms with Crippen molar-refractivity contribution in [3.8, 4) is 17.2 Å². The maximum atomic E-state index is 13.3. The van der Waals surface area contributed by atoms with Crippen LogP contribution >= 0.6 is 0 Å². The number of nitrogens with one attached hydrogen (secondary N) is 1. The van der Waals surface area contributed by atoms with Gasteiger partial charge in [0.15, 0.2) is 5.82 Å². The molecule has 188 valence electrons. The van der Waals surface area contributed by atoms with Crippen LogP contribution in [0.5, 0.6) is 11.5 Å². The van der Waals surface area contributed by atoms with Gasteiger partial charge in [-0.15, -0.1) is 10.2 Å². The molecule has 2 N–H and O–H groups in total. The average Bonchev–Trinajstić information content (AvgIpc) is 3.52. The Morgan fingerprint density at radius 1 is 1.17 bits per heavy atom. The van der Waals surface area contributed by atoms with E-state index in [1.807, 2.05) is 0 Å². The Balaban J connectivity index is 1.76. The van der Waals surface area contributed by atoms with Gasteiger partial charge < -0.3 is 19.3 Å². The number of methoxy groups -OCH3 is 2. The lowest BCUT2D eigenvalue weighted by Crippen LogP contribution is -2.32. The van der Waals surface area contributed by atoms with E-state index in [0.29, 0.717) is 42.6 Å². The molecule has 0 radical (unpaired) electrons. The lowest BCUT2D eigenvalue weighted by atomic mass is 10.1. The van der Waals surface area contributed by atoms with E-state index in [2.05, 4.69) is 24.9 Å².